The lowest BCUT2D eigenvalue weighted by atomic mass is 10.2. The van der Waals surface area contributed by atoms with Gasteiger partial charge in [-0.25, -0.2) is 4.98 Å². The van der Waals surface area contributed by atoms with Gasteiger partial charge < -0.3 is 14.7 Å². The molecule has 0 aliphatic carbocycles. The van der Waals surface area contributed by atoms with Crippen molar-refractivity contribution in [2.24, 2.45) is 0 Å². The fourth-order valence-corrected chi connectivity index (χ4v) is 3.82. The van der Waals surface area contributed by atoms with Crippen molar-refractivity contribution < 1.29 is 4.79 Å². The summed E-state index contributed by atoms with van der Waals surface area (Å²) < 4.78 is 0. The highest BCUT2D eigenvalue weighted by Crippen LogP contribution is 2.16. The third-order valence-electron chi connectivity index (χ3n) is 5.46. The Balaban J connectivity index is 1.22. The predicted octanol–water partition coefficient (Wildman–Crippen LogP) is 1.55. The van der Waals surface area contributed by atoms with E-state index in [1.54, 1.807) is 0 Å². The number of para-hydroxylation sites is 1. The number of piperazine rings is 2. The van der Waals surface area contributed by atoms with Gasteiger partial charge in [0.25, 0.3) is 0 Å². The molecule has 2 aliphatic rings. The van der Waals surface area contributed by atoms with E-state index in [4.69, 9.17) is 0 Å². The molecule has 0 unspecified atom stereocenters. The van der Waals surface area contributed by atoms with E-state index in [2.05, 4.69) is 43.9 Å². The number of carbonyl (C=O) groups excluding carboxylic acids is 1. The molecule has 0 bridgehead atoms. The second-order valence-corrected chi connectivity index (χ2v) is 7.15. The summed E-state index contributed by atoms with van der Waals surface area (Å²) in [6.45, 7) is 7.62. The Morgan fingerprint density at radius 2 is 1.44 bits per heavy atom. The highest BCUT2D eigenvalue weighted by Gasteiger charge is 2.25. The van der Waals surface area contributed by atoms with Gasteiger partial charge in [-0.3, -0.25) is 9.69 Å². The van der Waals surface area contributed by atoms with Gasteiger partial charge in [-0.15, -0.1) is 0 Å². The molecule has 2 aliphatic heterocycles. The van der Waals surface area contributed by atoms with Gasteiger partial charge in [0, 0.05) is 64.2 Å². The molecule has 0 saturated carbocycles. The topological polar surface area (TPSA) is 42.9 Å². The summed E-state index contributed by atoms with van der Waals surface area (Å²) in [6, 6.07) is 16.5. The van der Waals surface area contributed by atoms with Crippen LogP contribution in [0.25, 0.3) is 0 Å². The first-order chi connectivity index (χ1) is 13.3. The molecule has 142 valence electrons. The number of amides is 1. The summed E-state index contributed by atoms with van der Waals surface area (Å²) >= 11 is 0. The van der Waals surface area contributed by atoms with Gasteiger partial charge in [-0.1, -0.05) is 24.3 Å². The predicted molar refractivity (Wildman–Crippen MR) is 108 cm³/mol. The molecule has 4 rings (SSSR count). The molecule has 2 fully saturated rings. The molecular weight excluding hydrogens is 338 g/mol. The summed E-state index contributed by atoms with van der Waals surface area (Å²) in [7, 11) is 0. The summed E-state index contributed by atoms with van der Waals surface area (Å²) in [5, 5.41) is 0. The first kappa shape index (κ1) is 17.8. The van der Waals surface area contributed by atoms with Crippen LogP contribution in [0.15, 0.2) is 54.7 Å². The molecule has 6 nitrogen and oxygen atoms in total. The van der Waals surface area contributed by atoms with Crippen molar-refractivity contribution in [3.05, 3.63) is 54.7 Å². The number of anilines is 2. The maximum atomic E-state index is 12.7. The standard InChI is InChI=1S/C21H27N5O/c27-21(26-16-14-25(15-17-26)20-8-4-5-9-22-20)18-23-10-12-24(13-11-23)19-6-2-1-3-7-19/h1-9H,10-18H2. The van der Waals surface area contributed by atoms with Crippen LogP contribution in [-0.2, 0) is 4.79 Å². The molecule has 1 aromatic heterocycles. The number of nitrogens with zero attached hydrogens (tertiary/aromatic N) is 5. The number of hydrogen-bond acceptors (Lipinski definition) is 5. The van der Waals surface area contributed by atoms with Gasteiger partial charge in [0.2, 0.25) is 5.91 Å². The minimum Gasteiger partial charge on any atom is -0.369 e. The van der Waals surface area contributed by atoms with Crippen LogP contribution in [0.4, 0.5) is 11.5 Å². The van der Waals surface area contributed by atoms with Crippen molar-refractivity contribution in [1.29, 1.82) is 0 Å². The van der Waals surface area contributed by atoms with E-state index in [0.717, 1.165) is 58.2 Å². The summed E-state index contributed by atoms with van der Waals surface area (Å²) in [5.41, 5.74) is 1.27. The first-order valence-electron chi connectivity index (χ1n) is 9.76. The molecule has 27 heavy (non-hydrogen) atoms. The van der Waals surface area contributed by atoms with Crippen molar-refractivity contribution in [1.82, 2.24) is 14.8 Å². The average molecular weight is 365 g/mol. The van der Waals surface area contributed by atoms with Crippen LogP contribution in [0.5, 0.6) is 0 Å². The molecule has 0 radical (unpaired) electrons. The maximum absolute atomic E-state index is 12.7. The lowest BCUT2D eigenvalue weighted by Crippen LogP contribution is -2.54. The summed E-state index contributed by atoms with van der Waals surface area (Å²) in [4.78, 5) is 26.0. The van der Waals surface area contributed by atoms with Crippen LogP contribution in [0.1, 0.15) is 0 Å². The van der Waals surface area contributed by atoms with Crippen LogP contribution in [0, 0.1) is 0 Å². The molecule has 2 aromatic rings. The Hall–Kier alpha value is -2.60. The molecule has 3 heterocycles. The summed E-state index contributed by atoms with van der Waals surface area (Å²) in [5.74, 6) is 1.26. The summed E-state index contributed by atoms with van der Waals surface area (Å²) in [6.07, 6.45) is 1.82. The first-order valence-corrected chi connectivity index (χ1v) is 9.76. The number of aromatic nitrogens is 1. The van der Waals surface area contributed by atoms with Gasteiger partial charge in [0.15, 0.2) is 0 Å². The van der Waals surface area contributed by atoms with Gasteiger partial charge in [0.05, 0.1) is 6.54 Å². The van der Waals surface area contributed by atoms with Crippen molar-refractivity contribution in [3.63, 3.8) is 0 Å². The molecule has 0 atom stereocenters. The number of hydrogen-bond donors (Lipinski definition) is 0. The Kier molecular flexibility index (Phi) is 5.53. The zero-order valence-electron chi connectivity index (χ0n) is 15.7. The molecule has 0 spiro atoms. The van der Waals surface area contributed by atoms with Gasteiger partial charge in [0.1, 0.15) is 5.82 Å². The third-order valence-corrected chi connectivity index (χ3v) is 5.46. The van der Waals surface area contributed by atoms with Crippen LogP contribution < -0.4 is 9.80 Å². The Morgan fingerprint density at radius 3 is 2.11 bits per heavy atom. The van der Waals surface area contributed by atoms with E-state index in [1.165, 1.54) is 5.69 Å². The van der Waals surface area contributed by atoms with E-state index >= 15 is 0 Å². The van der Waals surface area contributed by atoms with Gasteiger partial charge in [-0.2, -0.15) is 0 Å². The highest BCUT2D eigenvalue weighted by atomic mass is 16.2. The maximum Gasteiger partial charge on any atom is 0.236 e. The van der Waals surface area contributed by atoms with Crippen molar-refractivity contribution in [2.75, 3.05) is 68.7 Å². The Bertz CT molecular complexity index is 723. The van der Waals surface area contributed by atoms with E-state index in [0.29, 0.717) is 6.54 Å². The number of carbonyl (C=O) groups is 1. The smallest absolute Gasteiger partial charge is 0.236 e. The normalized spacial score (nSPS) is 18.6. The molecule has 6 heteroatoms. The van der Waals surface area contributed by atoms with E-state index in [-0.39, 0.29) is 5.91 Å². The minimum absolute atomic E-state index is 0.254. The fraction of sp³-hybridized carbons (Fsp3) is 0.429. The quantitative estimate of drug-likeness (QED) is 0.823. The van der Waals surface area contributed by atoms with Crippen LogP contribution in [0.2, 0.25) is 0 Å². The lowest BCUT2D eigenvalue weighted by Gasteiger charge is -2.38. The lowest BCUT2D eigenvalue weighted by molar-refractivity contribution is -0.132. The number of pyridine rings is 1. The zero-order valence-corrected chi connectivity index (χ0v) is 15.7. The Labute approximate surface area is 161 Å². The Morgan fingerprint density at radius 1 is 0.778 bits per heavy atom. The van der Waals surface area contributed by atoms with Gasteiger partial charge >= 0.3 is 0 Å². The van der Waals surface area contributed by atoms with E-state index < -0.39 is 0 Å². The molecule has 1 aromatic carbocycles. The number of rotatable bonds is 4. The second-order valence-electron chi connectivity index (χ2n) is 7.15. The molecule has 0 N–H and O–H groups in total. The SMILES string of the molecule is O=C(CN1CCN(c2ccccc2)CC1)N1CCN(c2ccccn2)CC1. The van der Waals surface area contributed by atoms with E-state index in [1.807, 2.05) is 35.4 Å². The highest BCUT2D eigenvalue weighted by molar-refractivity contribution is 5.78. The molecule has 2 saturated heterocycles. The number of benzene rings is 1. The second kappa shape index (κ2) is 8.39. The van der Waals surface area contributed by atoms with Crippen molar-refractivity contribution >= 4 is 17.4 Å². The largest absolute Gasteiger partial charge is 0.369 e. The molecule has 1 amide bonds. The minimum atomic E-state index is 0.254. The van der Waals surface area contributed by atoms with Crippen molar-refractivity contribution in [3.8, 4) is 0 Å². The van der Waals surface area contributed by atoms with Crippen LogP contribution in [0.3, 0.4) is 0 Å². The fourth-order valence-electron chi connectivity index (χ4n) is 3.82. The van der Waals surface area contributed by atoms with E-state index in [9.17, 15) is 4.79 Å². The van der Waals surface area contributed by atoms with Gasteiger partial charge in [-0.05, 0) is 24.3 Å². The monoisotopic (exact) mass is 365 g/mol. The third kappa shape index (κ3) is 4.39. The average Bonchev–Trinajstić information content (AvgIpc) is 2.76. The van der Waals surface area contributed by atoms with Crippen molar-refractivity contribution in [2.45, 2.75) is 0 Å². The zero-order chi connectivity index (χ0) is 18.5. The van der Waals surface area contributed by atoms with Crippen LogP contribution in [-0.4, -0.2) is 79.6 Å². The van der Waals surface area contributed by atoms with Crippen LogP contribution >= 0.6 is 0 Å². The molecular formula is C21H27N5O.